The molecule has 3 aromatic rings. The van der Waals surface area contributed by atoms with E-state index in [1.165, 1.54) is 16.8 Å². The summed E-state index contributed by atoms with van der Waals surface area (Å²) in [5.74, 6) is 0.335. The molecule has 0 fully saturated rings. The predicted octanol–water partition coefficient (Wildman–Crippen LogP) is 3.42. The third kappa shape index (κ3) is 6.53. The van der Waals surface area contributed by atoms with Crippen LogP contribution in [0.15, 0.2) is 41.5 Å². The monoisotopic (exact) mass is 563 g/mol. The van der Waals surface area contributed by atoms with Crippen LogP contribution in [0.2, 0.25) is 5.02 Å². The summed E-state index contributed by atoms with van der Waals surface area (Å²) in [7, 11) is 3.63. The molecule has 0 saturated heterocycles. The van der Waals surface area contributed by atoms with Crippen molar-refractivity contribution in [3.63, 3.8) is 0 Å². The van der Waals surface area contributed by atoms with Crippen molar-refractivity contribution < 1.29 is 14.6 Å². The van der Waals surface area contributed by atoms with E-state index >= 15 is 0 Å². The molecule has 0 spiro atoms. The average Bonchev–Trinajstić information content (AvgIpc) is 2.91. The van der Waals surface area contributed by atoms with Gasteiger partial charge in [-0.25, -0.2) is 0 Å². The molecular weight excluding hydrogens is 530 g/mol. The van der Waals surface area contributed by atoms with Crippen LogP contribution in [-0.2, 0) is 26.4 Å². The molecule has 0 radical (unpaired) electrons. The van der Waals surface area contributed by atoms with E-state index in [1.807, 2.05) is 24.9 Å². The molecule has 0 saturated carbocycles. The first-order valence-corrected chi connectivity index (χ1v) is 13.7. The van der Waals surface area contributed by atoms with E-state index in [0.29, 0.717) is 72.2 Å². The lowest BCUT2D eigenvalue weighted by molar-refractivity contribution is 0.0724. The number of hydrogen-bond donors (Lipinski definition) is 1. The summed E-state index contributed by atoms with van der Waals surface area (Å²) < 4.78 is 7.08. The molecular formula is C30H34ClN5O4. The number of benzene rings is 1. The Bertz CT molecular complexity index is 1510. The second kappa shape index (κ2) is 12.6. The van der Waals surface area contributed by atoms with Crippen LogP contribution in [0.1, 0.15) is 46.6 Å². The Hall–Kier alpha value is -3.71. The number of ether oxygens (including phenoxy) is 1. The van der Waals surface area contributed by atoms with Gasteiger partial charge in [0.15, 0.2) is 0 Å². The Kier molecular flexibility index (Phi) is 9.25. The first-order valence-electron chi connectivity index (χ1n) is 13.3. The lowest BCUT2D eigenvalue weighted by Gasteiger charge is -2.31. The Morgan fingerprint density at radius 3 is 2.67 bits per heavy atom. The standard InChI is InChI=1S/C30H34ClN5O4/c1-5-40-28-12-22(33-15-21(28)14-32)17-36-9-7-23-24(26-18-35(4)29(38)13-27(26)31)10-20(11-25(23)30(36)39)6-8-34(3)16-19(2)37/h10-13,15,18-19,37H,5-9,16-17H2,1-4H3. The highest BCUT2D eigenvalue weighted by molar-refractivity contribution is 6.33. The molecule has 1 aliphatic rings. The van der Waals surface area contributed by atoms with Crippen LogP contribution in [0.5, 0.6) is 5.75 Å². The van der Waals surface area contributed by atoms with Gasteiger partial charge in [-0.15, -0.1) is 0 Å². The fourth-order valence-electron chi connectivity index (χ4n) is 5.03. The Morgan fingerprint density at radius 2 is 1.98 bits per heavy atom. The normalized spacial score (nSPS) is 13.8. The minimum atomic E-state index is -0.442. The highest BCUT2D eigenvalue weighted by atomic mass is 35.5. The maximum atomic E-state index is 13.9. The van der Waals surface area contributed by atoms with Gasteiger partial charge in [0.25, 0.3) is 11.5 Å². The lowest BCUT2D eigenvalue weighted by Crippen LogP contribution is -2.37. The second-order valence-corrected chi connectivity index (χ2v) is 10.6. The predicted molar refractivity (Wildman–Crippen MR) is 154 cm³/mol. The van der Waals surface area contributed by atoms with Crippen molar-refractivity contribution in [1.82, 2.24) is 19.4 Å². The van der Waals surface area contributed by atoms with Crippen LogP contribution in [0.25, 0.3) is 11.1 Å². The smallest absolute Gasteiger partial charge is 0.254 e. The van der Waals surface area contributed by atoms with Crippen LogP contribution in [0, 0.1) is 11.3 Å². The zero-order valence-corrected chi connectivity index (χ0v) is 24.0. The third-order valence-corrected chi connectivity index (χ3v) is 7.29. The summed E-state index contributed by atoms with van der Waals surface area (Å²) in [6, 6.07) is 9.20. The van der Waals surface area contributed by atoms with Crippen molar-refractivity contribution in [2.45, 2.75) is 39.3 Å². The van der Waals surface area contributed by atoms with Gasteiger partial charge in [0.2, 0.25) is 0 Å². The molecule has 0 aliphatic carbocycles. The van der Waals surface area contributed by atoms with Crippen LogP contribution >= 0.6 is 11.6 Å². The Labute approximate surface area is 239 Å². The van der Waals surface area contributed by atoms with E-state index < -0.39 is 6.10 Å². The number of aliphatic hydroxyl groups excluding tert-OH is 1. The molecule has 1 aromatic carbocycles. The number of nitrogens with zero attached hydrogens (tertiary/aromatic N) is 5. The number of pyridine rings is 2. The number of amides is 1. The molecule has 2 aromatic heterocycles. The molecule has 10 heteroatoms. The van der Waals surface area contributed by atoms with E-state index in [9.17, 15) is 20.0 Å². The number of carbonyl (C=O) groups is 1. The van der Waals surface area contributed by atoms with Gasteiger partial charge >= 0.3 is 0 Å². The number of likely N-dealkylation sites (N-methyl/N-ethyl adjacent to an activating group) is 1. The zero-order chi connectivity index (χ0) is 29.0. The lowest BCUT2D eigenvalue weighted by atomic mass is 9.88. The van der Waals surface area contributed by atoms with Crippen LogP contribution in [0.3, 0.4) is 0 Å². The highest BCUT2D eigenvalue weighted by Gasteiger charge is 2.29. The topological polar surface area (TPSA) is 112 Å². The van der Waals surface area contributed by atoms with Crippen molar-refractivity contribution in [3.8, 4) is 22.9 Å². The molecule has 3 heterocycles. The summed E-state index contributed by atoms with van der Waals surface area (Å²) in [4.78, 5) is 34.2. The maximum Gasteiger partial charge on any atom is 0.254 e. The van der Waals surface area contributed by atoms with Gasteiger partial charge < -0.3 is 24.2 Å². The summed E-state index contributed by atoms with van der Waals surface area (Å²) in [6.45, 7) is 6.00. The van der Waals surface area contributed by atoms with Crippen molar-refractivity contribution in [3.05, 3.63) is 80.0 Å². The molecule has 1 N–H and O–H groups in total. The maximum absolute atomic E-state index is 13.9. The molecule has 4 rings (SSSR count). The number of carbonyl (C=O) groups excluding carboxylic acids is 1. The average molecular weight is 564 g/mol. The molecule has 1 unspecified atom stereocenters. The Balaban J connectivity index is 1.71. The number of aryl methyl sites for hydroxylation is 1. The van der Waals surface area contributed by atoms with Crippen LogP contribution < -0.4 is 10.3 Å². The van der Waals surface area contributed by atoms with Crippen molar-refractivity contribution in [2.24, 2.45) is 7.05 Å². The third-order valence-electron chi connectivity index (χ3n) is 6.98. The van der Waals surface area contributed by atoms with Crippen molar-refractivity contribution in [1.29, 1.82) is 5.26 Å². The minimum Gasteiger partial charge on any atom is -0.492 e. The fraction of sp³-hybridized carbons (Fsp3) is 0.400. The first-order chi connectivity index (χ1) is 19.1. The number of halogens is 1. The number of aliphatic hydroxyl groups is 1. The van der Waals surface area contributed by atoms with Gasteiger partial charge in [0.1, 0.15) is 17.4 Å². The van der Waals surface area contributed by atoms with E-state index in [4.69, 9.17) is 16.3 Å². The molecule has 1 atom stereocenters. The SMILES string of the molecule is CCOc1cc(CN2CCc3c(cc(CCN(C)CC(C)O)cc3-c3cn(C)c(=O)cc3Cl)C2=O)ncc1C#N. The summed E-state index contributed by atoms with van der Waals surface area (Å²) in [5, 5.41) is 19.4. The summed E-state index contributed by atoms with van der Waals surface area (Å²) in [6.07, 6.45) is 4.02. The quantitative estimate of drug-likeness (QED) is 0.402. The zero-order valence-electron chi connectivity index (χ0n) is 23.3. The van der Waals surface area contributed by atoms with Gasteiger partial charge in [0, 0.05) is 62.3 Å². The van der Waals surface area contributed by atoms with Crippen molar-refractivity contribution in [2.75, 3.05) is 33.3 Å². The number of rotatable bonds is 10. The number of nitriles is 1. The largest absolute Gasteiger partial charge is 0.492 e. The van der Waals surface area contributed by atoms with E-state index in [-0.39, 0.29) is 18.0 Å². The van der Waals surface area contributed by atoms with E-state index in [1.54, 1.807) is 31.1 Å². The second-order valence-electron chi connectivity index (χ2n) is 10.2. The van der Waals surface area contributed by atoms with E-state index in [2.05, 4.69) is 17.1 Å². The molecule has 9 nitrogen and oxygen atoms in total. The number of fused-ring (bicyclic) bond motifs is 1. The van der Waals surface area contributed by atoms with Crippen molar-refractivity contribution >= 4 is 17.5 Å². The summed E-state index contributed by atoms with van der Waals surface area (Å²) in [5.41, 5.74) is 4.78. The number of hydrogen-bond acceptors (Lipinski definition) is 7. The van der Waals surface area contributed by atoms with E-state index in [0.717, 1.165) is 16.7 Å². The van der Waals surface area contributed by atoms with Gasteiger partial charge in [-0.3, -0.25) is 14.6 Å². The molecule has 40 heavy (non-hydrogen) atoms. The minimum absolute atomic E-state index is 0.119. The van der Waals surface area contributed by atoms with Crippen LogP contribution in [0.4, 0.5) is 0 Å². The molecule has 1 aliphatic heterocycles. The molecule has 1 amide bonds. The first kappa shape index (κ1) is 29.3. The summed E-state index contributed by atoms with van der Waals surface area (Å²) >= 11 is 6.57. The Morgan fingerprint density at radius 1 is 1.23 bits per heavy atom. The van der Waals surface area contributed by atoms with Gasteiger partial charge in [-0.1, -0.05) is 17.7 Å². The highest BCUT2D eigenvalue weighted by Crippen LogP contribution is 2.35. The van der Waals surface area contributed by atoms with Gasteiger partial charge in [0.05, 0.1) is 30.0 Å². The molecule has 0 bridgehead atoms. The molecule has 210 valence electrons. The van der Waals surface area contributed by atoms with Crippen LogP contribution in [-0.4, -0.2) is 69.8 Å². The number of aromatic nitrogens is 2. The van der Waals surface area contributed by atoms with Gasteiger partial charge in [-0.2, -0.15) is 5.26 Å². The fourth-order valence-corrected chi connectivity index (χ4v) is 5.28. The van der Waals surface area contributed by atoms with Gasteiger partial charge in [-0.05, 0) is 56.5 Å².